The van der Waals surface area contributed by atoms with E-state index in [0.29, 0.717) is 6.04 Å². The molecular formula is C17H22I2NSi-. The molecule has 114 valence electrons. The minimum absolute atomic E-state index is 0.335. The van der Waals surface area contributed by atoms with Crippen molar-refractivity contribution < 1.29 is 0 Å². The van der Waals surface area contributed by atoms with Crippen molar-refractivity contribution in [3.63, 3.8) is 0 Å². The molecule has 2 aromatic rings. The fourth-order valence-corrected chi connectivity index (χ4v) is 6.15. The van der Waals surface area contributed by atoms with Crippen LogP contribution in [0.25, 0.3) is 0 Å². The summed E-state index contributed by atoms with van der Waals surface area (Å²) >= 11 is 4.96. The van der Waals surface area contributed by atoms with Gasteiger partial charge in [-0.1, -0.05) is 41.4 Å². The molecule has 21 heavy (non-hydrogen) atoms. The SMILES string of the molecule is CN(C)[C@H](c1ccccc1I)c1c([Si](C)(C)C)cc[c-]1I. The number of nitrogens with zero attached hydrogens (tertiary/aromatic N) is 1. The molecule has 0 unspecified atom stereocenters. The van der Waals surface area contributed by atoms with E-state index in [9.17, 15) is 0 Å². The zero-order valence-corrected chi connectivity index (χ0v) is 18.6. The third-order valence-corrected chi connectivity index (χ3v) is 7.72. The highest BCUT2D eigenvalue weighted by molar-refractivity contribution is 14.1. The van der Waals surface area contributed by atoms with Gasteiger partial charge in [-0.15, -0.1) is 28.2 Å². The molecule has 2 rings (SSSR count). The number of hydrogen-bond donors (Lipinski definition) is 0. The Morgan fingerprint density at radius 3 is 2.24 bits per heavy atom. The summed E-state index contributed by atoms with van der Waals surface area (Å²) in [6, 6.07) is 13.7. The molecule has 0 bridgehead atoms. The first-order valence-corrected chi connectivity index (χ1v) is 12.8. The van der Waals surface area contributed by atoms with E-state index in [1.165, 1.54) is 18.3 Å². The van der Waals surface area contributed by atoms with Crippen LogP contribution in [0.15, 0.2) is 36.4 Å². The summed E-state index contributed by atoms with van der Waals surface area (Å²) in [5.74, 6) is 0. The lowest BCUT2D eigenvalue weighted by Gasteiger charge is -2.35. The third-order valence-electron chi connectivity index (χ3n) is 3.74. The Balaban J connectivity index is 2.66. The molecule has 1 nitrogen and oxygen atoms in total. The summed E-state index contributed by atoms with van der Waals surface area (Å²) in [5, 5.41) is 1.59. The fourth-order valence-electron chi connectivity index (χ4n) is 2.79. The average molecular weight is 522 g/mol. The van der Waals surface area contributed by atoms with E-state index in [-0.39, 0.29) is 0 Å². The maximum absolute atomic E-state index is 2.50. The van der Waals surface area contributed by atoms with Gasteiger partial charge in [0.2, 0.25) is 0 Å². The molecule has 0 amide bonds. The summed E-state index contributed by atoms with van der Waals surface area (Å²) in [6.45, 7) is 7.31. The Morgan fingerprint density at radius 2 is 1.71 bits per heavy atom. The number of hydrogen-bond acceptors (Lipinski definition) is 1. The first-order chi connectivity index (χ1) is 9.73. The quantitative estimate of drug-likeness (QED) is 0.317. The number of rotatable bonds is 4. The van der Waals surface area contributed by atoms with E-state index >= 15 is 0 Å². The molecular weight excluding hydrogens is 500 g/mol. The molecule has 2 aromatic carbocycles. The van der Waals surface area contributed by atoms with Crippen LogP contribution < -0.4 is 5.19 Å². The lowest BCUT2D eigenvalue weighted by atomic mass is 10.00. The van der Waals surface area contributed by atoms with Crippen LogP contribution >= 0.6 is 45.2 Å². The number of halogens is 2. The van der Waals surface area contributed by atoms with E-state index < -0.39 is 8.07 Å². The van der Waals surface area contributed by atoms with E-state index in [4.69, 9.17) is 0 Å². The normalized spacial score (nSPS) is 13.7. The lowest BCUT2D eigenvalue weighted by Crippen LogP contribution is -2.41. The van der Waals surface area contributed by atoms with E-state index in [1.54, 1.807) is 5.19 Å². The fraction of sp³-hybridized carbons (Fsp3) is 0.353. The Hall–Kier alpha value is 0.207. The zero-order chi connectivity index (χ0) is 15.8. The van der Waals surface area contributed by atoms with E-state index in [2.05, 4.69) is 120 Å². The van der Waals surface area contributed by atoms with E-state index in [1.807, 2.05) is 0 Å². The summed E-state index contributed by atoms with van der Waals surface area (Å²) < 4.78 is 2.73. The molecule has 0 spiro atoms. The predicted molar refractivity (Wildman–Crippen MR) is 112 cm³/mol. The van der Waals surface area contributed by atoms with Gasteiger partial charge in [0.15, 0.2) is 0 Å². The zero-order valence-electron chi connectivity index (χ0n) is 13.2. The Kier molecular flexibility index (Phi) is 5.65. The second-order valence-corrected chi connectivity index (χ2v) is 14.0. The van der Waals surface area contributed by atoms with Crippen LogP contribution in [0.3, 0.4) is 0 Å². The first-order valence-electron chi connectivity index (χ1n) is 7.10. The summed E-state index contributed by atoms with van der Waals surface area (Å²) in [5.41, 5.74) is 2.93. The highest BCUT2D eigenvalue weighted by Crippen LogP contribution is 2.33. The monoisotopic (exact) mass is 522 g/mol. The van der Waals surface area contributed by atoms with Crippen LogP contribution in [0.5, 0.6) is 0 Å². The Bertz CT molecular complexity index is 626. The summed E-state index contributed by atoms with van der Waals surface area (Å²) in [6.07, 6.45) is 0. The third kappa shape index (κ3) is 3.76. The molecule has 0 saturated heterocycles. The first kappa shape index (κ1) is 17.6. The van der Waals surface area contributed by atoms with Gasteiger partial charge in [-0.05, 0) is 48.3 Å². The highest BCUT2D eigenvalue weighted by Gasteiger charge is 2.23. The lowest BCUT2D eigenvalue weighted by molar-refractivity contribution is 0.342. The van der Waals surface area contributed by atoms with Crippen molar-refractivity contribution in [2.24, 2.45) is 0 Å². The van der Waals surface area contributed by atoms with Gasteiger partial charge in [-0.3, -0.25) is 0 Å². The van der Waals surface area contributed by atoms with Crippen LogP contribution in [0.2, 0.25) is 19.6 Å². The van der Waals surface area contributed by atoms with Crippen molar-refractivity contribution in [3.8, 4) is 0 Å². The second-order valence-electron chi connectivity index (χ2n) is 6.65. The van der Waals surface area contributed by atoms with Gasteiger partial charge in [-0.2, -0.15) is 11.3 Å². The van der Waals surface area contributed by atoms with Crippen LogP contribution in [-0.4, -0.2) is 27.1 Å². The smallest absolute Gasteiger partial charge is 0.0386 e. The minimum Gasteiger partial charge on any atom is -0.300 e. The molecule has 0 radical (unpaired) electrons. The van der Waals surface area contributed by atoms with Gasteiger partial charge in [0.05, 0.1) is 0 Å². The molecule has 0 aromatic heterocycles. The molecule has 0 aliphatic carbocycles. The van der Waals surface area contributed by atoms with Crippen LogP contribution in [-0.2, 0) is 0 Å². The van der Waals surface area contributed by atoms with Crippen LogP contribution in [0.4, 0.5) is 0 Å². The van der Waals surface area contributed by atoms with Gasteiger partial charge in [-0.25, -0.2) is 6.07 Å². The van der Waals surface area contributed by atoms with Gasteiger partial charge in [0.25, 0.3) is 0 Å². The second kappa shape index (κ2) is 6.76. The minimum atomic E-state index is -1.35. The maximum atomic E-state index is 2.50. The molecule has 0 N–H and O–H groups in total. The van der Waals surface area contributed by atoms with Crippen molar-refractivity contribution >= 4 is 58.4 Å². The summed E-state index contributed by atoms with van der Waals surface area (Å²) in [4.78, 5) is 2.35. The molecule has 0 fully saturated rings. The van der Waals surface area contributed by atoms with Gasteiger partial charge < -0.3 is 4.90 Å². The van der Waals surface area contributed by atoms with Gasteiger partial charge in [0.1, 0.15) is 0 Å². The van der Waals surface area contributed by atoms with E-state index in [0.717, 1.165) is 0 Å². The molecule has 4 heteroatoms. The molecule has 0 heterocycles. The van der Waals surface area contributed by atoms with Crippen molar-refractivity contribution in [2.45, 2.75) is 25.7 Å². The molecule has 0 aliphatic heterocycles. The maximum Gasteiger partial charge on any atom is 0.0386 e. The molecule has 0 aliphatic rings. The largest absolute Gasteiger partial charge is 0.300 e. The standard InChI is InChI=1S/C17H22I2NSi/c1-20(2)17(12-8-6-7-9-13(12)18)16-14(19)10-11-15(16)21(3,4)5/h6-11,17H,1-5H3/q-1/t17-/m1/s1. The van der Waals surface area contributed by atoms with Crippen molar-refractivity contribution in [1.29, 1.82) is 0 Å². The van der Waals surface area contributed by atoms with Crippen LogP contribution in [0.1, 0.15) is 17.2 Å². The summed E-state index contributed by atoms with van der Waals surface area (Å²) in [7, 11) is 3.02. The van der Waals surface area contributed by atoms with Crippen molar-refractivity contribution in [3.05, 3.63) is 54.7 Å². The van der Waals surface area contributed by atoms with Gasteiger partial charge in [0, 0.05) is 17.7 Å². The molecule has 1 atom stereocenters. The molecule has 0 saturated carbocycles. The van der Waals surface area contributed by atoms with Gasteiger partial charge >= 0.3 is 0 Å². The van der Waals surface area contributed by atoms with Crippen molar-refractivity contribution in [2.75, 3.05) is 14.1 Å². The average Bonchev–Trinajstić information content (AvgIpc) is 2.74. The Labute approximate surface area is 156 Å². The predicted octanol–water partition coefficient (Wildman–Crippen LogP) is 4.81. The Morgan fingerprint density at radius 1 is 1.10 bits per heavy atom. The highest BCUT2D eigenvalue weighted by atomic mass is 127. The topological polar surface area (TPSA) is 3.24 Å². The van der Waals surface area contributed by atoms with Crippen LogP contribution in [0, 0.1) is 7.14 Å². The number of benzene rings is 1. The van der Waals surface area contributed by atoms with Crippen molar-refractivity contribution in [1.82, 2.24) is 4.90 Å².